The first-order valence-corrected chi connectivity index (χ1v) is 12.6. The normalized spacial score (nSPS) is 18.9. The van der Waals surface area contributed by atoms with Crippen molar-refractivity contribution in [3.63, 3.8) is 0 Å². The highest BCUT2D eigenvalue weighted by atomic mass is 16.4. The van der Waals surface area contributed by atoms with Crippen molar-refractivity contribution >= 4 is 22.5 Å². The van der Waals surface area contributed by atoms with Gasteiger partial charge in [-0.1, -0.05) is 54.6 Å². The molecule has 3 atom stereocenters. The highest BCUT2D eigenvalue weighted by Gasteiger charge is 2.34. The van der Waals surface area contributed by atoms with Crippen molar-refractivity contribution in [3.8, 4) is 0 Å². The lowest BCUT2D eigenvalue weighted by Gasteiger charge is -2.34. The van der Waals surface area contributed by atoms with Crippen LogP contribution < -0.4 is 16.1 Å². The molecule has 3 unspecified atom stereocenters. The fraction of sp³-hybridized carbons (Fsp3) is 0.226. The van der Waals surface area contributed by atoms with Gasteiger partial charge in [-0.25, -0.2) is 4.79 Å². The Morgan fingerprint density at radius 2 is 1.89 bits per heavy atom. The zero-order valence-electron chi connectivity index (χ0n) is 20.7. The van der Waals surface area contributed by atoms with Crippen molar-refractivity contribution in [1.82, 2.24) is 10.6 Å². The Morgan fingerprint density at radius 3 is 2.70 bits per heavy atom. The van der Waals surface area contributed by atoms with E-state index >= 15 is 0 Å². The van der Waals surface area contributed by atoms with E-state index in [-0.39, 0.29) is 23.1 Å². The summed E-state index contributed by atoms with van der Waals surface area (Å²) in [5, 5.41) is 17.1. The molecular formula is C31H28N2O4. The van der Waals surface area contributed by atoms with Crippen LogP contribution in [0.3, 0.4) is 0 Å². The van der Waals surface area contributed by atoms with E-state index in [0.717, 1.165) is 28.7 Å². The predicted octanol–water partition coefficient (Wildman–Crippen LogP) is 5.50. The van der Waals surface area contributed by atoms with E-state index < -0.39 is 5.97 Å². The number of hydrogen-bond acceptors (Lipinski definition) is 5. The minimum Gasteiger partial charge on any atom is -0.478 e. The molecule has 186 valence electrons. The third kappa shape index (κ3) is 4.18. The van der Waals surface area contributed by atoms with Crippen LogP contribution in [0.2, 0.25) is 0 Å². The van der Waals surface area contributed by atoms with Crippen LogP contribution in [-0.4, -0.2) is 17.1 Å². The van der Waals surface area contributed by atoms with Gasteiger partial charge in [0.25, 0.3) is 0 Å². The quantitative estimate of drug-likeness (QED) is 0.329. The van der Waals surface area contributed by atoms with Crippen LogP contribution in [0.15, 0.2) is 82.0 Å². The Balaban J connectivity index is 1.42. The first kappa shape index (κ1) is 23.4. The van der Waals surface area contributed by atoms with Crippen molar-refractivity contribution in [2.75, 3.05) is 0 Å². The molecule has 3 aliphatic rings. The highest BCUT2D eigenvalue weighted by molar-refractivity contribution is 5.89. The van der Waals surface area contributed by atoms with Crippen molar-refractivity contribution < 1.29 is 14.3 Å². The summed E-state index contributed by atoms with van der Waals surface area (Å²) in [5.41, 5.74) is 6.54. The minimum absolute atomic E-state index is 0.0763. The molecule has 1 aromatic heterocycles. The second-order valence-electron chi connectivity index (χ2n) is 10.00. The summed E-state index contributed by atoms with van der Waals surface area (Å²) in [5.74, 6) is -0.390. The van der Waals surface area contributed by atoms with E-state index in [2.05, 4.69) is 28.8 Å². The van der Waals surface area contributed by atoms with Gasteiger partial charge in [-0.15, -0.1) is 0 Å². The zero-order chi connectivity index (χ0) is 25.7. The Bertz CT molecular complexity index is 1630. The molecule has 3 N–H and O–H groups in total. The Labute approximate surface area is 214 Å². The van der Waals surface area contributed by atoms with Crippen LogP contribution in [-0.2, 0) is 6.54 Å². The number of carboxylic acid groups (broad SMARTS) is 1. The van der Waals surface area contributed by atoms with Crippen LogP contribution in [0.1, 0.15) is 69.4 Å². The molecular weight excluding hydrogens is 464 g/mol. The molecule has 0 spiro atoms. The van der Waals surface area contributed by atoms with Crippen molar-refractivity contribution in [2.24, 2.45) is 0 Å². The van der Waals surface area contributed by atoms with E-state index in [9.17, 15) is 14.7 Å². The average molecular weight is 493 g/mol. The molecule has 0 saturated carbocycles. The summed E-state index contributed by atoms with van der Waals surface area (Å²) in [4.78, 5) is 25.0. The van der Waals surface area contributed by atoms with Gasteiger partial charge < -0.3 is 20.2 Å². The maximum Gasteiger partial charge on any atom is 0.336 e. The van der Waals surface area contributed by atoms with Crippen molar-refractivity contribution in [3.05, 3.63) is 122 Å². The standard InChI is InChI=1S/C31H28N2O4/c1-17-11-24(18(2)32-16-19-7-3-4-8-21(19)31(35)36)30-26(12-17)28(34)15-29(37-30)25-13-20-14-27(33-20)23-10-6-5-9-22(23)25/h3-13,15,18,20,27,32-33H,14,16H2,1-2H3,(H,35,36). The Morgan fingerprint density at radius 1 is 1.14 bits per heavy atom. The largest absolute Gasteiger partial charge is 0.478 e. The number of hydrogen-bond donors (Lipinski definition) is 3. The summed E-state index contributed by atoms with van der Waals surface area (Å²) in [6, 6.07) is 21.2. The van der Waals surface area contributed by atoms with E-state index in [1.165, 1.54) is 5.56 Å². The van der Waals surface area contributed by atoms with E-state index in [0.29, 0.717) is 34.9 Å². The van der Waals surface area contributed by atoms with E-state index in [4.69, 9.17) is 4.42 Å². The molecule has 4 aromatic rings. The van der Waals surface area contributed by atoms with Gasteiger partial charge in [-0.2, -0.15) is 0 Å². The maximum absolute atomic E-state index is 13.4. The van der Waals surface area contributed by atoms with Crippen LogP contribution in [0, 0.1) is 6.92 Å². The topological polar surface area (TPSA) is 91.6 Å². The molecule has 0 radical (unpaired) electrons. The minimum atomic E-state index is -0.953. The molecule has 1 saturated heterocycles. The highest BCUT2D eigenvalue weighted by Crippen LogP contribution is 2.41. The molecule has 1 aliphatic carbocycles. The van der Waals surface area contributed by atoms with E-state index in [1.54, 1.807) is 18.2 Å². The summed E-state index contributed by atoms with van der Waals surface area (Å²) in [6.07, 6.45) is 3.20. The smallest absolute Gasteiger partial charge is 0.336 e. The van der Waals surface area contributed by atoms with E-state index in [1.807, 2.05) is 50.2 Å². The lowest BCUT2D eigenvalue weighted by atomic mass is 9.91. The second-order valence-corrected chi connectivity index (χ2v) is 10.00. The number of carbonyl (C=O) groups is 1. The van der Waals surface area contributed by atoms with Gasteiger partial charge in [0.1, 0.15) is 11.3 Å². The lowest BCUT2D eigenvalue weighted by Crippen LogP contribution is -2.43. The Hall–Kier alpha value is -4.00. The van der Waals surface area contributed by atoms with Gasteiger partial charge in [0.15, 0.2) is 5.43 Å². The fourth-order valence-electron chi connectivity index (χ4n) is 5.52. The summed E-state index contributed by atoms with van der Waals surface area (Å²) < 4.78 is 6.55. The molecule has 6 nitrogen and oxygen atoms in total. The van der Waals surface area contributed by atoms with Crippen molar-refractivity contribution in [2.45, 2.75) is 44.9 Å². The number of aryl methyl sites for hydroxylation is 1. The number of rotatable bonds is 6. The monoisotopic (exact) mass is 492 g/mol. The maximum atomic E-state index is 13.4. The second kappa shape index (κ2) is 9.14. The number of benzene rings is 3. The molecule has 2 bridgehead atoms. The van der Waals surface area contributed by atoms with Gasteiger partial charge >= 0.3 is 5.97 Å². The molecule has 6 heteroatoms. The SMILES string of the molecule is Cc1cc(C(C)NCc2ccccc2C(=O)O)c2oc(C3=CC4CC(N4)c4ccccc43)cc(=O)c2c1. The van der Waals surface area contributed by atoms with Gasteiger partial charge in [0.2, 0.25) is 0 Å². The van der Waals surface area contributed by atoms with Crippen LogP contribution in [0.5, 0.6) is 0 Å². The van der Waals surface area contributed by atoms with Crippen molar-refractivity contribution in [1.29, 1.82) is 0 Å². The summed E-state index contributed by atoms with van der Waals surface area (Å²) >= 11 is 0. The number of fused-ring (bicyclic) bond motifs is 1. The number of nitrogens with one attached hydrogen (secondary N) is 2. The van der Waals surface area contributed by atoms with Gasteiger partial charge in [-0.05, 0) is 54.7 Å². The molecule has 0 amide bonds. The summed E-state index contributed by atoms with van der Waals surface area (Å²) in [7, 11) is 0. The first-order valence-electron chi connectivity index (χ1n) is 12.6. The molecule has 7 rings (SSSR count). The van der Waals surface area contributed by atoms with Gasteiger partial charge in [0.05, 0.1) is 10.9 Å². The van der Waals surface area contributed by atoms with Crippen LogP contribution in [0.25, 0.3) is 16.5 Å². The molecule has 3 aromatic carbocycles. The van der Waals surface area contributed by atoms with Crippen LogP contribution >= 0.6 is 0 Å². The number of carboxylic acids is 1. The average Bonchev–Trinajstić information content (AvgIpc) is 3.13. The Kier molecular flexibility index (Phi) is 5.78. The van der Waals surface area contributed by atoms with Gasteiger partial charge in [0, 0.05) is 41.9 Å². The zero-order valence-corrected chi connectivity index (χ0v) is 20.7. The third-order valence-corrected chi connectivity index (χ3v) is 7.48. The molecule has 3 heterocycles. The predicted molar refractivity (Wildman–Crippen MR) is 144 cm³/mol. The molecule has 2 aliphatic heterocycles. The molecule has 1 fully saturated rings. The third-order valence-electron chi connectivity index (χ3n) is 7.48. The van der Waals surface area contributed by atoms with Crippen LogP contribution in [0.4, 0.5) is 0 Å². The lowest BCUT2D eigenvalue weighted by molar-refractivity contribution is 0.0695. The fourth-order valence-corrected chi connectivity index (χ4v) is 5.52. The van der Waals surface area contributed by atoms with Gasteiger partial charge in [-0.3, -0.25) is 4.79 Å². The number of aromatic carboxylic acids is 1. The first-order chi connectivity index (χ1) is 17.9. The molecule has 37 heavy (non-hydrogen) atoms. The summed E-state index contributed by atoms with van der Waals surface area (Å²) in [6.45, 7) is 4.34.